The van der Waals surface area contributed by atoms with E-state index in [1.54, 1.807) is 7.11 Å². The highest BCUT2D eigenvalue weighted by atomic mass is 35.5. The molecule has 21 heavy (non-hydrogen) atoms. The molecule has 0 saturated heterocycles. The fourth-order valence-corrected chi connectivity index (χ4v) is 3.21. The topological polar surface area (TPSA) is 44.2 Å². The lowest BCUT2D eigenvalue weighted by atomic mass is 10.2. The van der Waals surface area contributed by atoms with Crippen LogP contribution in [0.5, 0.6) is 11.6 Å². The van der Waals surface area contributed by atoms with Crippen LogP contribution in [0.4, 0.5) is 0 Å². The number of benzene rings is 1. The quantitative estimate of drug-likeness (QED) is 0.471. The fraction of sp³-hybridized carbons (Fsp3) is 0.143. The Morgan fingerprint density at radius 1 is 1.24 bits per heavy atom. The third-order valence-electron chi connectivity index (χ3n) is 2.82. The minimum atomic E-state index is 0.416. The zero-order valence-corrected chi connectivity index (χ0v) is 13.7. The molecule has 0 amide bonds. The second-order valence-electron chi connectivity index (χ2n) is 4.07. The first-order valence-electron chi connectivity index (χ1n) is 6.02. The van der Waals surface area contributed by atoms with E-state index >= 15 is 0 Å². The smallest absolute Gasteiger partial charge is 0.239 e. The molecule has 0 fully saturated rings. The Bertz CT molecular complexity index is 705. The lowest BCUT2D eigenvalue weighted by molar-refractivity contribution is 0.414. The zero-order chi connectivity index (χ0) is 14.8. The standard InChI is InChI=1S/C14H11ClN2O2S2/c1-18-9-5-3-8(4-6-9)10-7-21-11-12(15)16-14(20-2)17-13(11)19-10/h3-7H,1-2H3. The van der Waals surface area contributed by atoms with Crippen LogP contribution in [-0.2, 0) is 0 Å². The summed E-state index contributed by atoms with van der Waals surface area (Å²) in [6.45, 7) is 0. The molecule has 0 atom stereocenters. The Morgan fingerprint density at radius 2 is 2.00 bits per heavy atom. The number of hydrogen-bond donors (Lipinski definition) is 0. The summed E-state index contributed by atoms with van der Waals surface area (Å²) in [5, 5.41) is 2.91. The Hall–Kier alpha value is -1.37. The summed E-state index contributed by atoms with van der Waals surface area (Å²) in [7, 11) is 1.64. The van der Waals surface area contributed by atoms with Crippen LogP contribution < -0.4 is 9.47 Å². The number of halogens is 1. The summed E-state index contributed by atoms with van der Waals surface area (Å²) in [4.78, 5) is 9.30. The molecule has 0 N–H and O–H groups in total. The van der Waals surface area contributed by atoms with Crippen LogP contribution in [0.25, 0.3) is 5.76 Å². The summed E-state index contributed by atoms with van der Waals surface area (Å²) < 4.78 is 11.0. The van der Waals surface area contributed by atoms with Gasteiger partial charge in [-0.15, -0.1) is 0 Å². The molecule has 0 unspecified atom stereocenters. The van der Waals surface area contributed by atoms with Crippen molar-refractivity contribution in [2.24, 2.45) is 0 Å². The lowest BCUT2D eigenvalue weighted by Gasteiger charge is -2.17. The Labute approximate surface area is 135 Å². The van der Waals surface area contributed by atoms with Crippen molar-refractivity contribution >= 4 is 40.9 Å². The van der Waals surface area contributed by atoms with Crippen molar-refractivity contribution in [2.75, 3.05) is 13.4 Å². The summed E-state index contributed by atoms with van der Waals surface area (Å²) >= 11 is 9.04. The van der Waals surface area contributed by atoms with Crippen molar-refractivity contribution in [3.8, 4) is 11.6 Å². The average molecular weight is 339 g/mol. The predicted molar refractivity (Wildman–Crippen MR) is 86.3 cm³/mol. The van der Waals surface area contributed by atoms with Gasteiger partial charge in [0.25, 0.3) is 0 Å². The van der Waals surface area contributed by atoms with Gasteiger partial charge < -0.3 is 9.47 Å². The van der Waals surface area contributed by atoms with E-state index in [9.17, 15) is 0 Å². The Kier molecular flexibility index (Phi) is 4.28. The molecule has 1 aromatic carbocycles. The summed E-state index contributed by atoms with van der Waals surface area (Å²) in [6.07, 6.45) is 1.90. The van der Waals surface area contributed by atoms with Crippen molar-refractivity contribution in [3.05, 3.63) is 40.4 Å². The van der Waals surface area contributed by atoms with Crippen LogP contribution in [-0.4, -0.2) is 23.3 Å². The maximum Gasteiger partial charge on any atom is 0.239 e. The molecule has 1 aliphatic rings. The minimum Gasteiger partial charge on any atom is -0.497 e. The van der Waals surface area contributed by atoms with Crippen LogP contribution in [0, 0.1) is 0 Å². The molecule has 0 bridgehead atoms. The highest BCUT2D eigenvalue weighted by Crippen LogP contribution is 2.42. The van der Waals surface area contributed by atoms with E-state index in [4.69, 9.17) is 21.1 Å². The molecule has 7 heteroatoms. The van der Waals surface area contributed by atoms with Crippen LogP contribution in [0.15, 0.2) is 39.7 Å². The number of ether oxygens (including phenoxy) is 2. The fourth-order valence-electron chi connectivity index (χ4n) is 1.77. The van der Waals surface area contributed by atoms with Crippen LogP contribution in [0.1, 0.15) is 5.56 Å². The van der Waals surface area contributed by atoms with Gasteiger partial charge in [-0.3, -0.25) is 0 Å². The zero-order valence-electron chi connectivity index (χ0n) is 11.3. The van der Waals surface area contributed by atoms with E-state index < -0.39 is 0 Å². The van der Waals surface area contributed by atoms with Crippen molar-refractivity contribution in [1.29, 1.82) is 0 Å². The van der Waals surface area contributed by atoms with Gasteiger partial charge >= 0.3 is 0 Å². The monoisotopic (exact) mass is 338 g/mol. The second-order valence-corrected chi connectivity index (χ2v) is 6.08. The highest BCUT2D eigenvalue weighted by molar-refractivity contribution is 8.02. The molecule has 1 aromatic heterocycles. The molecule has 0 radical (unpaired) electrons. The Morgan fingerprint density at radius 3 is 2.67 bits per heavy atom. The van der Waals surface area contributed by atoms with Gasteiger partial charge in [0.05, 0.1) is 7.11 Å². The van der Waals surface area contributed by atoms with Crippen LogP contribution >= 0.6 is 35.1 Å². The molecule has 1 aliphatic heterocycles. The van der Waals surface area contributed by atoms with Gasteiger partial charge in [-0.05, 0) is 30.5 Å². The molecule has 0 spiro atoms. The number of hydrogen-bond acceptors (Lipinski definition) is 6. The highest BCUT2D eigenvalue weighted by Gasteiger charge is 2.21. The number of nitrogens with zero attached hydrogens (tertiary/aromatic N) is 2. The second kappa shape index (κ2) is 6.17. The third kappa shape index (κ3) is 2.97. The number of rotatable bonds is 3. The van der Waals surface area contributed by atoms with Gasteiger partial charge in [0, 0.05) is 11.0 Å². The minimum absolute atomic E-state index is 0.416. The van der Waals surface area contributed by atoms with Crippen molar-refractivity contribution < 1.29 is 9.47 Å². The van der Waals surface area contributed by atoms with E-state index in [1.165, 1.54) is 23.5 Å². The maximum absolute atomic E-state index is 6.15. The van der Waals surface area contributed by atoms with E-state index in [0.717, 1.165) is 22.0 Å². The first kappa shape index (κ1) is 14.6. The Balaban J connectivity index is 1.92. The van der Waals surface area contributed by atoms with Crippen LogP contribution in [0.3, 0.4) is 0 Å². The molecular formula is C14H11ClN2O2S2. The largest absolute Gasteiger partial charge is 0.497 e. The molecule has 2 heterocycles. The number of thioether (sulfide) groups is 2. The normalized spacial score (nSPS) is 13.2. The van der Waals surface area contributed by atoms with Gasteiger partial charge in [0.1, 0.15) is 16.4 Å². The molecule has 4 nitrogen and oxygen atoms in total. The molecule has 108 valence electrons. The average Bonchev–Trinajstić information content (AvgIpc) is 2.54. The van der Waals surface area contributed by atoms with Crippen molar-refractivity contribution in [1.82, 2.24) is 9.97 Å². The van der Waals surface area contributed by atoms with E-state index in [1.807, 2.05) is 35.9 Å². The first-order chi connectivity index (χ1) is 10.2. The van der Waals surface area contributed by atoms with Crippen LogP contribution in [0.2, 0.25) is 5.15 Å². The van der Waals surface area contributed by atoms with Crippen molar-refractivity contribution in [3.63, 3.8) is 0 Å². The van der Waals surface area contributed by atoms with Gasteiger partial charge in [0.2, 0.25) is 5.88 Å². The lowest BCUT2D eigenvalue weighted by Crippen LogP contribution is -2.04. The van der Waals surface area contributed by atoms with Gasteiger partial charge in [-0.25, -0.2) is 4.98 Å². The van der Waals surface area contributed by atoms with Gasteiger partial charge in [-0.1, -0.05) is 35.1 Å². The van der Waals surface area contributed by atoms with E-state index in [-0.39, 0.29) is 0 Å². The SMILES string of the molecule is COc1ccc(C2=CSc3c(Cl)nc(SC)nc3O2)cc1. The molecular weight excluding hydrogens is 328 g/mol. The predicted octanol–water partition coefficient (Wildman–Crippen LogP) is 4.34. The molecule has 0 aliphatic carbocycles. The summed E-state index contributed by atoms with van der Waals surface area (Å²) in [5.41, 5.74) is 0.953. The maximum atomic E-state index is 6.15. The summed E-state index contributed by atoms with van der Waals surface area (Å²) in [6, 6.07) is 7.66. The molecule has 2 aromatic rings. The van der Waals surface area contributed by atoms with E-state index in [0.29, 0.717) is 16.2 Å². The third-order valence-corrected chi connectivity index (χ3v) is 4.69. The van der Waals surface area contributed by atoms with Gasteiger partial charge in [0.15, 0.2) is 10.3 Å². The first-order valence-corrected chi connectivity index (χ1v) is 8.50. The number of fused-ring (bicyclic) bond motifs is 1. The number of aromatic nitrogens is 2. The number of methoxy groups -OCH3 is 1. The summed E-state index contributed by atoms with van der Waals surface area (Å²) in [5.74, 6) is 2.04. The van der Waals surface area contributed by atoms with Gasteiger partial charge in [-0.2, -0.15) is 4.98 Å². The molecule has 3 rings (SSSR count). The van der Waals surface area contributed by atoms with E-state index in [2.05, 4.69) is 9.97 Å². The van der Waals surface area contributed by atoms with Crippen molar-refractivity contribution in [2.45, 2.75) is 10.1 Å². The molecule has 0 saturated carbocycles.